The molecule has 1 amide bonds. The average Bonchev–Trinajstić information content (AvgIpc) is 3.53. The molecule has 5 heterocycles. The lowest BCUT2D eigenvalue weighted by molar-refractivity contribution is -0.139. The smallest absolute Gasteiger partial charge is 0.245 e. The van der Waals surface area contributed by atoms with Crippen LogP contribution in [0.3, 0.4) is 0 Å². The molecule has 0 unspecified atom stereocenters. The van der Waals surface area contributed by atoms with Gasteiger partial charge in [-0.15, -0.1) is 0 Å². The summed E-state index contributed by atoms with van der Waals surface area (Å²) in [7, 11) is 2.24. The number of carbonyl (C=O) groups is 1. The van der Waals surface area contributed by atoms with Gasteiger partial charge in [-0.3, -0.25) is 14.8 Å². The van der Waals surface area contributed by atoms with Crippen molar-refractivity contribution >= 4 is 28.2 Å². The number of aromatic amines is 1. The Kier molecular flexibility index (Phi) is 7.83. The number of likely N-dealkylation sites (tertiary alicyclic amines) is 1. The maximum atomic E-state index is 12.1. The topological polar surface area (TPSA) is 85.7 Å². The highest BCUT2D eigenvalue weighted by atomic mass is 16.2. The summed E-state index contributed by atoms with van der Waals surface area (Å²) in [6, 6.07) is 12.6. The third-order valence-corrected chi connectivity index (χ3v) is 11.4. The summed E-state index contributed by atoms with van der Waals surface area (Å²) in [5.41, 5.74) is 7.38. The van der Waals surface area contributed by atoms with Crippen LogP contribution in [0.15, 0.2) is 43.1 Å². The second-order valence-electron chi connectivity index (χ2n) is 14.0. The molecule has 1 aromatic heterocycles. The minimum absolute atomic E-state index is 0.0295. The number of nitriles is 1. The van der Waals surface area contributed by atoms with E-state index in [0.717, 1.165) is 123 Å². The Labute approximate surface area is 267 Å². The number of hydrogen-bond acceptors (Lipinski definition) is 7. The fraction of sp³-hybridized carbons (Fsp3) is 0.528. The van der Waals surface area contributed by atoms with E-state index in [1.165, 1.54) is 11.8 Å². The summed E-state index contributed by atoms with van der Waals surface area (Å²) < 4.78 is 0. The van der Waals surface area contributed by atoms with Gasteiger partial charge in [0.1, 0.15) is 6.07 Å². The Morgan fingerprint density at radius 2 is 1.84 bits per heavy atom. The van der Waals surface area contributed by atoms with Crippen molar-refractivity contribution in [3.63, 3.8) is 0 Å². The van der Waals surface area contributed by atoms with Crippen molar-refractivity contribution in [1.29, 1.82) is 5.26 Å². The molecule has 236 valence electrons. The number of aryl methyl sites for hydroxylation is 1. The number of nitrogens with zero attached hydrogens (tertiary/aromatic N) is 7. The zero-order valence-electron chi connectivity index (χ0n) is 27.1. The first-order valence-electron chi connectivity index (χ1n) is 16.7. The number of likely N-dealkylation sites (N-methyl/N-ethyl adjacent to an activating group) is 1. The van der Waals surface area contributed by atoms with Crippen molar-refractivity contribution in [2.75, 3.05) is 75.8 Å². The van der Waals surface area contributed by atoms with Gasteiger partial charge >= 0.3 is 0 Å². The Bertz CT molecular complexity index is 1630. The molecule has 4 aliphatic rings. The first kappa shape index (κ1) is 29.8. The third kappa shape index (κ3) is 5.38. The minimum Gasteiger partial charge on any atom is -0.371 e. The van der Waals surface area contributed by atoms with Gasteiger partial charge < -0.3 is 19.6 Å². The molecule has 45 heavy (non-hydrogen) atoms. The number of rotatable bonds is 5. The van der Waals surface area contributed by atoms with E-state index >= 15 is 0 Å². The number of fused-ring (bicyclic) bond motifs is 1. The lowest BCUT2D eigenvalue weighted by atomic mass is 9.71. The summed E-state index contributed by atoms with van der Waals surface area (Å²) in [5, 5.41) is 19.3. The van der Waals surface area contributed by atoms with Crippen LogP contribution >= 0.6 is 0 Å². The molecule has 4 aliphatic heterocycles. The van der Waals surface area contributed by atoms with Gasteiger partial charge in [0, 0.05) is 93.0 Å². The zero-order valence-corrected chi connectivity index (χ0v) is 27.1. The summed E-state index contributed by atoms with van der Waals surface area (Å²) >= 11 is 0. The molecular weight excluding hydrogens is 560 g/mol. The normalized spacial score (nSPS) is 22.9. The van der Waals surface area contributed by atoms with Crippen LogP contribution in [0, 0.1) is 23.7 Å². The summed E-state index contributed by atoms with van der Waals surface area (Å²) in [6.45, 7) is 17.0. The summed E-state index contributed by atoms with van der Waals surface area (Å²) in [6.07, 6.45) is 7.66. The largest absolute Gasteiger partial charge is 0.371 e. The van der Waals surface area contributed by atoms with E-state index in [4.69, 9.17) is 0 Å². The van der Waals surface area contributed by atoms with Gasteiger partial charge in [0.25, 0.3) is 0 Å². The first-order chi connectivity index (χ1) is 21.8. The van der Waals surface area contributed by atoms with E-state index in [9.17, 15) is 10.1 Å². The lowest BCUT2D eigenvalue weighted by Gasteiger charge is -2.54. The molecule has 0 bridgehead atoms. The quantitative estimate of drug-likeness (QED) is 0.424. The predicted molar refractivity (Wildman–Crippen MR) is 181 cm³/mol. The van der Waals surface area contributed by atoms with Crippen molar-refractivity contribution in [3.8, 4) is 17.2 Å². The maximum absolute atomic E-state index is 12.1. The fourth-order valence-corrected chi connectivity index (χ4v) is 8.33. The molecule has 2 aromatic carbocycles. The molecule has 4 saturated heterocycles. The van der Waals surface area contributed by atoms with Gasteiger partial charge in [0.2, 0.25) is 5.91 Å². The number of anilines is 2. The standard InChI is InChI=1S/C36H46N8O/c1-5-34(45)44-23-36(24-44)10-14-42(15-11-36)33-19-28(41-12-8-27(9-13-41)43-17-16-40(4)26(3)22-43)18-29(30(33)20-37)35-25(2)6-7-32-31(35)21-38-39-32/h5-7,18-19,21,26-27H,1,8-17,22-24H2,2-4H3,(H,38,39)/t26-/m0/s1. The molecule has 3 aromatic rings. The Morgan fingerprint density at radius 3 is 2.53 bits per heavy atom. The lowest BCUT2D eigenvalue weighted by Crippen LogP contribution is -2.61. The average molecular weight is 607 g/mol. The van der Waals surface area contributed by atoms with Crippen molar-refractivity contribution in [3.05, 3.63) is 54.2 Å². The van der Waals surface area contributed by atoms with Gasteiger partial charge in [-0.2, -0.15) is 10.4 Å². The van der Waals surface area contributed by atoms with E-state index in [1.807, 2.05) is 11.1 Å². The fourth-order valence-electron chi connectivity index (χ4n) is 8.33. The highest BCUT2D eigenvalue weighted by Gasteiger charge is 2.46. The van der Waals surface area contributed by atoms with Gasteiger partial charge in [-0.05, 0) is 82.0 Å². The van der Waals surface area contributed by atoms with Gasteiger partial charge in [0.15, 0.2) is 0 Å². The number of aromatic nitrogens is 2. The molecule has 9 heteroatoms. The Hall–Kier alpha value is -3.87. The van der Waals surface area contributed by atoms with Crippen LogP contribution in [0.4, 0.5) is 11.4 Å². The van der Waals surface area contributed by atoms with E-state index in [1.54, 1.807) is 0 Å². The minimum atomic E-state index is 0.0295. The number of hydrogen-bond donors (Lipinski definition) is 1. The first-order valence-corrected chi connectivity index (χ1v) is 16.7. The van der Waals surface area contributed by atoms with Gasteiger partial charge in [0.05, 0.1) is 23.0 Å². The van der Waals surface area contributed by atoms with Gasteiger partial charge in [-0.25, -0.2) is 0 Å². The van der Waals surface area contributed by atoms with E-state index in [0.29, 0.717) is 12.1 Å². The van der Waals surface area contributed by atoms with Crippen LogP contribution in [0.25, 0.3) is 22.0 Å². The predicted octanol–water partition coefficient (Wildman–Crippen LogP) is 4.63. The van der Waals surface area contributed by atoms with E-state index in [2.05, 4.69) is 87.6 Å². The number of nitrogens with one attached hydrogen (secondary N) is 1. The molecule has 1 spiro atoms. The second-order valence-corrected chi connectivity index (χ2v) is 14.0. The molecule has 4 fully saturated rings. The van der Waals surface area contributed by atoms with Crippen LogP contribution in [-0.2, 0) is 4.79 Å². The van der Waals surface area contributed by atoms with Crippen LogP contribution in [-0.4, -0.2) is 109 Å². The monoisotopic (exact) mass is 606 g/mol. The number of amides is 1. The summed E-state index contributed by atoms with van der Waals surface area (Å²) in [5.74, 6) is 0.0295. The number of carbonyl (C=O) groups excluding carboxylic acids is 1. The van der Waals surface area contributed by atoms with Crippen molar-refractivity contribution in [2.45, 2.75) is 51.6 Å². The van der Waals surface area contributed by atoms with Crippen molar-refractivity contribution in [2.24, 2.45) is 5.41 Å². The van der Waals surface area contributed by atoms with Crippen LogP contribution < -0.4 is 9.80 Å². The molecule has 0 saturated carbocycles. The van der Waals surface area contributed by atoms with Crippen LogP contribution in [0.5, 0.6) is 0 Å². The van der Waals surface area contributed by atoms with Crippen LogP contribution in [0.1, 0.15) is 43.7 Å². The summed E-state index contributed by atoms with van der Waals surface area (Å²) in [4.78, 5) is 24.2. The number of benzene rings is 2. The van der Waals surface area contributed by atoms with Crippen molar-refractivity contribution in [1.82, 2.24) is 24.9 Å². The Balaban J connectivity index is 1.20. The van der Waals surface area contributed by atoms with E-state index < -0.39 is 0 Å². The molecule has 9 nitrogen and oxygen atoms in total. The number of piperazine rings is 1. The Morgan fingerprint density at radius 1 is 1.09 bits per heavy atom. The molecule has 7 rings (SSSR count). The molecule has 1 N–H and O–H groups in total. The SMILES string of the molecule is C=CC(=O)N1CC2(CCN(c3cc(N4CCC(N5CCN(C)[C@@H](C)C5)CC4)cc(-c4c(C)ccc5[nH]ncc45)c3C#N)CC2)C1. The van der Waals surface area contributed by atoms with Gasteiger partial charge in [-0.1, -0.05) is 12.6 Å². The second kappa shape index (κ2) is 11.8. The molecule has 1 atom stereocenters. The number of H-pyrrole nitrogens is 1. The molecular formula is C36H46N8O. The van der Waals surface area contributed by atoms with Crippen molar-refractivity contribution < 1.29 is 4.79 Å². The maximum Gasteiger partial charge on any atom is 0.245 e. The molecule has 0 radical (unpaired) electrons. The van der Waals surface area contributed by atoms with E-state index in [-0.39, 0.29) is 11.3 Å². The number of piperidine rings is 2. The molecule has 0 aliphatic carbocycles. The highest BCUT2D eigenvalue weighted by molar-refractivity contribution is 5.99. The zero-order chi connectivity index (χ0) is 31.3. The third-order valence-electron chi connectivity index (χ3n) is 11.4. The van der Waals surface area contributed by atoms with Crippen LogP contribution in [0.2, 0.25) is 0 Å². The highest BCUT2D eigenvalue weighted by Crippen LogP contribution is 2.45.